The fraction of sp³-hybridized carbons (Fsp3) is 0.0455. The van der Waals surface area contributed by atoms with Crippen molar-refractivity contribution in [2.45, 2.75) is 28.1 Å². The maximum absolute atomic E-state index is 15.0. The summed E-state index contributed by atoms with van der Waals surface area (Å²) in [6.07, 6.45) is 3.75. The maximum atomic E-state index is 15.0. The molecule has 1 atom stereocenters. The quantitative estimate of drug-likeness (QED) is 0.0208. The van der Waals surface area contributed by atoms with Crippen molar-refractivity contribution in [1.29, 1.82) is 0 Å². The van der Waals surface area contributed by atoms with Gasteiger partial charge in [0.15, 0.2) is 14.3 Å². The third kappa shape index (κ3) is 22.8. The summed E-state index contributed by atoms with van der Waals surface area (Å²) < 4.78 is 36.3. The average Bonchev–Trinajstić information content (AvgIpc) is 1.64. The first-order valence-corrected chi connectivity index (χ1v) is 45.0. The highest BCUT2D eigenvalue weighted by molar-refractivity contribution is 8.34. The van der Waals surface area contributed by atoms with E-state index in [2.05, 4.69) is 199 Å². The Morgan fingerprint density at radius 2 is 0.570 bits per heavy atom. The molecular formula is C88H71B22N4O3P4. The van der Waals surface area contributed by atoms with E-state index in [4.69, 9.17) is 37.6 Å². The van der Waals surface area contributed by atoms with Crippen LogP contribution in [0.5, 0.6) is 0 Å². The predicted molar refractivity (Wildman–Crippen MR) is 554 cm³/mol. The number of nitrogens with zero attached hydrogens (tertiary/aromatic N) is 4. The van der Waals surface area contributed by atoms with Crippen molar-refractivity contribution in [1.82, 2.24) is 19.9 Å². The molecule has 0 saturated carbocycles. The zero-order chi connectivity index (χ0) is 83.3. The third-order valence-corrected chi connectivity index (χ3v) is 27.4. The molecule has 25 radical (unpaired) electrons. The summed E-state index contributed by atoms with van der Waals surface area (Å²) in [6.45, 7) is 14.4. The van der Waals surface area contributed by atoms with Crippen LogP contribution in [-0.2, 0) is 9.13 Å². The van der Waals surface area contributed by atoms with Crippen molar-refractivity contribution in [3.63, 3.8) is 0 Å². The SMILES string of the molecule is C.C[B]P.Cc1cc(-c2ccccc2)c2ccc3c(-c4ccccc4)cc(C)nc3c2n1.O=P(c1ccccc1)(c1ccccc1)c1ccc2oc3ccc(P(=O)(c4ccccc4)c4ccccc4)cc3c2c1.[B][B][B][B][B][B][B]P([B][B][B][B][B][B][B])[B][B][B][B][B][B][B].c1ccc(-c2ccnc3c2ccc2c(-c4ccccc4)ccnc23)cc1. The van der Waals surface area contributed by atoms with Gasteiger partial charge < -0.3 is 13.5 Å². The van der Waals surface area contributed by atoms with Crippen LogP contribution in [0.25, 0.3) is 110 Å². The normalized spacial score (nSPS) is 10.7. The molecule has 17 aromatic rings. The van der Waals surface area contributed by atoms with E-state index in [1.165, 1.54) is 65.7 Å². The summed E-state index contributed by atoms with van der Waals surface area (Å²) in [5, 5.41) is 10.8. The summed E-state index contributed by atoms with van der Waals surface area (Å²) in [6, 6.07) is 109. The van der Waals surface area contributed by atoms with Crippen molar-refractivity contribution in [3.8, 4) is 44.5 Å². The van der Waals surface area contributed by atoms with E-state index in [0.717, 1.165) is 97.6 Å². The first-order valence-electron chi connectivity index (χ1n) is 39.4. The molecular weight excluding hydrogens is 1520 g/mol. The minimum Gasteiger partial charge on any atom is -0.456 e. The van der Waals surface area contributed by atoms with Crippen LogP contribution in [0.15, 0.2) is 344 Å². The van der Waals surface area contributed by atoms with Gasteiger partial charge in [-0.05, 0) is 119 Å². The second-order valence-corrected chi connectivity index (χ2v) is 35.6. The number of aryl methyl sites for hydroxylation is 2. The number of benzene rings is 12. The van der Waals surface area contributed by atoms with Crippen LogP contribution in [0, 0.1) is 13.8 Å². The molecule has 5 aromatic heterocycles. The van der Waals surface area contributed by atoms with Crippen LogP contribution < -0.4 is 31.8 Å². The number of hydrogen-bond acceptors (Lipinski definition) is 7. The van der Waals surface area contributed by atoms with E-state index in [1.807, 2.05) is 272 Å². The minimum atomic E-state index is -3.17. The molecule has 0 spiro atoms. The Labute approximate surface area is 736 Å². The summed E-state index contributed by atoms with van der Waals surface area (Å²) in [5.41, 5.74) is 16.8. The number of pyridine rings is 4. The monoisotopic (exact) mass is 1600 g/mol. The molecule has 33 heteroatoms. The van der Waals surface area contributed by atoms with Crippen molar-refractivity contribution < 1.29 is 13.5 Å². The molecule has 1 unspecified atom stereocenters. The number of rotatable bonds is 28. The molecule has 0 aliphatic carbocycles. The smallest absolute Gasteiger partial charge is 0.171 e. The van der Waals surface area contributed by atoms with Gasteiger partial charge >= 0.3 is 0 Å². The van der Waals surface area contributed by atoms with Gasteiger partial charge in [-0.1, -0.05) is 281 Å². The maximum Gasteiger partial charge on any atom is 0.171 e. The van der Waals surface area contributed by atoms with Gasteiger partial charge in [-0.3, -0.25) is 19.9 Å². The molecule has 0 N–H and O–H groups in total. The summed E-state index contributed by atoms with van der Waals surface area (Å²) in [4.78, 5) is 19.1. The Balaban J connectivity index is 0.000000150. The molecule has 17 rings (SSSR count). The second-order valence-electron chi connectivity index (χ2n) is 27.7. The fourth-order valence-corrected chi connectivity index (χ4v) is 20.8. The standard InChI is InChI=1S/C36H26O3P2.C26H20N2.C24H16N2.CH5BP.CH4.B21P/c37-40(27-13-5-1-6-14-27,28-15-7-2-8-16-28)31-21-23-35-33(25-31)34-26-32(22-24-36(34)39-35)41(38,29-17-9-3-10-18-29)30-19-11-4-12-20-30;1-17-15-23(19-9-5-3-6-10-19)21-13-14-22-24(20-11-7-4-8-12-20)16-18(2)28-26(22)25(21)27-17;1-3-7-17(8-4-1)19-13-15-25-23-21(19)11-12-22-20(14-16-26-24(22)23)18-9-5-2-6-10-18;1-2-3;;1-4-7-10-13-16-19-22(20-17-14-11-8-5-2)21-18-15-12-9-6-3/h1-26H;3-16H,1-2H3;1-16H;3H2,1H3;1H4;. The van der Waals surface area contributed by atoms with E-state index in [-0.39, 0.29) is 7.43 Å². The van der Waals surface area contributed by atoms with Crippen LogP contribution in [0.3, 0.4) is 0 Å². The number of furan rings is 1. The molecule has 121 heavy (non-hydrogen) atoms. The lowest BCUT2D eigenvalue weighted by Crippen LogP contribution is -2.32. The number of hydrogen-bond donors (Lipinski definition) is 0. The summed E-state index contributed by atoms with van der Waals surface area (Å²) >= 11 is 0. The highest BCUT2D eigenvalue weighted by Gasteiger charge is 2.33. The van der Waals surface area contributed by atoms with Gasteiger partial charge in [-0.15, -0.1) is 0 Å². The van der Waals surface area contributed by atoms with Crippen LogP contribution in [-0.4, -0.2) is 177 Å². The van der Waals surface area contributed by atoms with Crippen molar-refractivity contribution in [3.05, 3.63) is 351 Å². The largest absolute Gasteiger partial charge is 0.456 e. The van der Waals surface area contributed by atoms with Gasteiger partial charge in [0.05, 0.1) is 42.7 Å². The van der Waals surface area contributed by atoms with Crippen molar-refractivity contribution in [2.24, 2.45) is 0 Å². The van der Waals surface area contributed by atoms with Gasteiger partial charge in [-0.25, -0.2) is 7.56 Å². The van der Waals surface area contributed by atoms with E-state index < -0.39 is 21.8 Å². The van der Waals surface area contributed by atoms with Gasteiger partial charge in [-0.2, -0.15) is 9.12 Å². The van der Waals surface area contributed by atoms with Crippen molar-refractivity contribution >= 4 is 285 Å². The molecule has 547 valence electrons. The van der Waals surface area contributed by atoms with Crippen LogP contribution in [0.2, 0.25) is 6.82 Å². The Morgan fingerprint density at radius 1 is 0.306 bits per heavy atom. The van der Waals surface area contributed by atoms with E-state index in [9.17, 15) is 0 Å². The molecule has 5 heterocycles. The number of aromatic nitrogens is 4. The van der Waals surface area contributed by atoms with Crippen LogP contribution in [0.4, 0.5) is 0 Å². The molecule has 7 nitrogen and oxygen atoms in total. The van der Waals surface area contributed by atoms with E-state index in [1.54, 1.807) is 21.2 Å². The Kier molecular flexibility index (Phi) is 34.9. The lowest BCUT2D eigenvalue weighted by Gasteiger charge is -2.20. The topological polar surface area (TPSA) is 98.8 Å². The summed E-state index contributed by atoms with van der Waals surface area (Å²) in [5.74, 6) is 0. The zero-order valence-corrected chi connectivity index (χ0v) is 70.8. The van der Waals surface area contributed by atoms with Gasteiger partial charge in [0.2, 0.25) is 0 Å². The van der Waals surface area contributed by atoms with Crippen LogP contribution >= 0.6 is 31.0 Å². The fourth-order valence-electron chi connectivity index (χ4n) is 14.3. The zero-order valence-electron chi connectivity index (χ0n) is 67.0. The first kappa shape index (κ1) is 91.0. The van der Waals surface area contributed by atoms with Gasteiger partial charge in [0.25, 0.3) is 0 Å². The van der Waals surface area contributed by atoms with Gasteiger partial charge in [0, 0.05) is 217 Å². The average molecular weight is 1590 g/mol. The highest BCUT2D eigenvalue weighted by Crippen LogP contribution is 2.47. The lowest BCUT2D eigenvalue weighted by molar-refractivity contribution is 0.591. The molecule has 0 aliphatic rings. The minimum absolute atomic E-state index is 0. The molecule has 0 fully saturated rings. The van der Waals surface area contributed by atoms with Crippen molar-refractivity contribution in [2.75, 3.05) is 0 Å². The predicted octanol–water partition coefficient (Wildman–Crippen LogP) is 13.7. The lowest BCUT2D eigenvalue weighted by atomic mass is 8.96. The Morgan fingerprint density at radius 3 is 0.860 bits per heavy atom. The molecule has 12 aromatic carbocycles. The molecule has 0 bridgehead atoms. The molecule has 0 amide bonds. The highest BCUT2D eigenvalue weighted by atomic mass is 31.2. The third-order valence-electron chi connectivity index (χ3n) is 19.7. The Bertz CT molecular complexity index is 5790. The molecule has 0 aliphatic heterocycles. The first-order chi connectivity index (χ1) is 59.0. The van der Waals surface area contributed by atoms with E-state index >= 15 is 9.13 Å². The Hall–Kier alpha value is -9.17. The van der Waals surface area contributed by atoms with Crippen LogP contribution in [0.1, 0.15) is 18.8 Å². The second kappa shape index (κ2) is 46.4. The number of fused-ring (bicyclic) bond motifs is 9. The van der Waals surface area contributed by atoms with Gasteiger partial charge in [0.1, 0.15) is 18.2 Å². The van der Waals surface area contributed by atoms with E-state index in [0.29, 0.717) is 11.2 Å². The molecule has 0 saturated heterocycles. The summed E-state index contributed by atoms with van der Waals surface area (Å²) in [7, 11) is 38.8.